The third-order valence-corrected chi connectivity index (χ3v) is 5.11. The number of ether oxygens (including phenoxy) is 2. The summed E-state index contributed by atoms with van der Waals surface area (Å²) in [5.74, 6) is 0.864. The van der Waals surface area contributed by atoms with Gasteiger partial charge in [0.1, 0.15) is 5.75 Å². The number of likely N-dealkylation sites (N-methyl/N-ethyl adjacent to an activating group) is 1. The van der Waals surface area contributed by atoms with Crippen LogP contribution < -0.4 is 4.74 Å². The standard InChI is InChI=1S/C23H29NO2/c1-4-18-11-14-23(26-17-25-3)22(16-18)21-10-6-5-8-19(21)12-13-20-9-7-15-24(20)2/h5-6,8,10-14,16,20H,4,7,9,15,17H2,1-3H3/b13-12+. The number of rotatable bonds is 7. The molecule has 3 rings (SSSR count). The van der Waals surface area contributed by atoms with Crippen LogP contribution in [0.15, 0.2) is 48.5 Å². The van der Waals surface area contributed by atoms with Crippen LogP contribution in [0.25, 0.3) is 17.2 Å². The minimum absolute atomic E-state index is 0.253. The Bertz CT molecular complexity index is 754. The lowest BCUT2D eigenvalue weighted by Crippen LogP contribution is -2.22. The molecule has 0 aromatic heterocycles. The number of aryl methyl sites for hydroxylation is 1. The van der Waals surface area contributed by atoms with E-state index in [-0.39, 0.29) is 6.79 Å². The molecule has 0 spiro atoms. The molecular formula is C23H29NO2. The van der Waals surface area contributed by atoms with Crippen molar-refractivity contribution in [1.82, 2.24) is 4.90 Å². The zero-order valence-corrected chi connectivity index (χ0v) is 16.1. The van der Waals surface area contributed by atoms with E-state index in [0.717, 1.165) is 17.7 Å². The van der Waals surface area contributed by atoms with Crippen molar-refractivity contribution in [3.63, 3.8) is 0 Å². The van der Waals surface area contributed by atoms with E-state index < -0.39 is 0 Å². The molecule has 138 valence electrons. The van der Waals surface area contributed by atoms with Crippen LogP contribution in [-0.4, -0.2) is 38.4 Å². The van der Waals surface area contributed by atoms with E-state index in [0.29, 0.717) is 6.04 Å². The second-order valence-corrected chi connectivity index (χ2v) is 6.87. The summed E-state index contributed by atoms with van der Waals surface area (Å²) in [6.45, 7) is 3.62. The van der Waals surface area contributed by atoms with Crippen molar-refractivity contribution in [3.05, 3.63) is 59.7 Å². The smallest absolute Gasteiger partial charge is 0.188 e. The Morgan fingerprint density at radius 1 is 1.15 bits per heavy atom. The number of likely N-dealkylation sites (tertiary alicyclic amines) is 1. The highest BCUT2D eigenvalue weighted by Crippen LogP contribution is 2.34. The molecule has 2 aromatic carbocycles. The molecule has 3 nitrogen and oxygen atoms in total. The molecular weight excluding hydrogens is 322 g/mol. The molecule has 0 radical (unpaired) electrons. The third-order valence-electron chi connectivity index (χ3n) is 5.11. The summed E-state index contributed by atoms with van der Waals surface area (Å²) in [6.07, 6.45) is 8.12. The number of nitrogens with zero attached hydrogens (tertiary/aromatic N) is 1. The monoisotopic (exact) mass is 351 g/mol. The van der Waals surface area contributed by atoms with Crippen molar-refractivity contribution < 1.29 is 9.47 Å². The van der Waals surface area contributed by atoms with Crippen LogP contribution >= 0.6 is 0 Å². The Labute approximate surface area is 157 Å². The average molecular weight is 351 g/mol. The molecule has 0 N–H and O–H groups in total. The molecule has 1 heterocycles. The van der Waals surface area contributed by atoms with Crippen LogP contribution in [0.3, 0.4) is 0 Å². The first-order chi connectivity index (χ1) is 12.7. The van der Waals surface area contributed by atoms with Crippen molar-refractivity contribution in [1.29, 1.82) is 0 Å². The van der Waals surface area contributed by atoms with Gasteiger partial charge >= 0.3 is 0 Å². The van der Waals surface area contributed by atoms with E-state index in [2.05, 4.69) is 73.5 Å². The molecule has 1 atom stereocenters. The lowest BCUT2D eigenvalue weighted by Gasteiger charge is -2.16. The SMILES string of the molecule is CCc1ccc(OCOC)c(-c2ccccc2/C=C/C2CCCN2C)c1. The zero-order valence-electron chi connectivity index (χ0n) is 16.1. The van der Waals surface area contributed by atoms with Crippen molar-refractivity contribution in [2.45, 2.75) is 32.2 Å². The Hall–Kier alpha value is -2.10. The van der Waals surface area contributed by atoms with Gasteiger partial charge in [-0.25, -0.2) is 0 Å². The van der Waals surface area contributed by atoms with Gasteiger partial charge in [0.05, 0.1) is 0 Å². The minimum Gasteiger partial charge on any atom is -0.467 e. The fourth-order valence-corrected chi connectivity index (χ4v) is 3.54. The van der Waals surface area contributed by atoms with E-state index in [4.69, 9.17) is 9.47 Å². The first kappa shape index (κ1) is 18.7. The molecule has 1 fully saturated rings. The van der Waals surface area contributed by atoms with E-state index in [9.17, 15) is 0 Å². The van der Waals surface area contributed by atoms with Crippen molar-refractivity contribution >= 4 is 6.08 Å². The fraction of sp³-hybridized carbons (Fsp3) is 0.391. The highest BCUT2D eigenvalue weighted by molar-refractivity contribution is 5.79. The van der Waals surface area contributed by atoms with Gasteiger partial charge in [-0.1, -0.05) is 49.4 Å². The molecule has 1 unspecified atom stereocenters. The van der Waals surface area contributed by atoms with Crippen LogP contribution in [-0.2, 0) is 11.2 Å². The highest BCUT2D eigenvalue weighted by atomic mass is 16.7. The normalized spacial score (nSPS) is 17.9. The fourth-order valence-electron chi connectivity index (χ4n) is 3.54. The topological polar surface area (TPSA) is 21.7 Å². The van der Waals surface area contributed by atoms with Gasteiger partial charge in [-0.3, -0.25) is 4.90 Å². The van der Waals surface area contributed by atoms with Crippen molar-refractivity contribution in [3.8, 4) is 16.9 Å². The summed E-state index contributed by atoms with van der Waals surface area (Å²) in [6, 6.07) is 15.5. The quantitative estimate of drug-likeness (QED) is 0.655. The number of methoxy groups -OCH3 is 1. The zero-order chi connectivity index (χ0) is 18.4. The molecule has 26 heavy (non-hydrogen) atoms. The Morgan fingerprint density at radius 3 is 2.73 bits per heavy atom. The maximum Gasteiger partial charge on any atom is 0.188 e. The molecule has 0 aliphatic carbocycles. The molecule has 0 amide bonds. The second kappa shape index (κ2) is 9.02. The summed E-state index contributed by atoms with van der Waals surface area (Å²) < 4.78 is 10.9. The van der Waals surface area contributed by atoms with E-state index in [1.54, 1.807) is 7.11 Å². The number of hydrogen-bond acceptors (Lipinski definition) is 3. The van der Waals surface area contributed by atoms with E-state index >= 15 is 0 Å². The Morgan fingerprint density at radius 2 is 2.00 bits per heavy atom. The van der Waals surface area contributed by atoms with Gasteiger partial charge < -0.3 is 9.47 Å². The molecule has 1 aliphatic heterocycles. The van der Waals surface area contributed by atoms with Gasteiger partial charge in [-0.2, -0.15) is 0 Å². The third kappa shape index (κ3) is 4.35. The number of hydrogen-bond donors (Lipinski definition) is 0. The van der Waals surface area contributed by atoms with Gasteiger partial charge in [-0.15, -0.1) is 0 Å². The lowest BCUT2D eigenvalue weighted by atomic mass is 9.96. The largest absolute Gasteiger partial charge is 0.467 e. The van der Waals surface area contributed by atoms with Crippen LogP contribution in [0.2, 0.25) is 0 Å². The minimum atomic E-state index is 0.253. The van der Waals surface area contributed by atoms with Crippen LogP contribution in [0, 0.1) is 0 Å². The summed E-state index contributed by atoms with van der Waals surface area (Å²) in [4.78, 5) is 2.42. The first-order valence-corrected chi connectivity index (χ1v) is 9.45. The lowest BCUT2D eigenvalue weighted by molar-refractivity contribution is 0.0515. The molecule has 2 aromatic rings. The molecule has 3 heteroatoms. The van der Waals surface area contributed by atoms with Crippen molar-refractivity contribution in [2.24, 2.45) is 0 Å². The summed E-state index contributed by atoms with van der Waals surface area (Å²) >= 11 is 0. The maximum atomic E-state index is 5.84. The van der Waals surface area contributed by atoms with Gasteiger partial charge in [0.25, 0.3) is 0 Å². The summed E-state index contributed by atoms with van der Waals surface area (Å²) in [5, 5.41) is 0. The molecule has 1 aliphatic rings. The molecule has 0 saturated carbocycles. The Kier molecular flexibility index (Phi) is 6.48. The molecule has 0 bridgehead atoms. The maximum absolute atomic E-state index is 5.84. The average Bonchev–Trinajstić information content (AvgIpc) is 3.09. The predicted octanol–water partition coefficient (Wildman–Crippen LogP) is 5.01. The number of benzene rings is 2. The van der Waals surface area contributed by atoms with Gasteiger partial charge in [-0.05, 0) is 61.7 Å². The van der Waals surface area contributed by atoms with Crippen molar-refractivity contribution in [2.75, 3.05) is 27.5 Å². The van der Waals surface area contributed by atoms with E-state index in [1.807, 2.05) is 0 Å². The second-order valence-electron chi connectivity index (χ2n) is 6.87. The van der Waals surface area contributed by atoms with Crippen LogP contribution in [0.5, 0.6) is 5.75 Å². The predicted molar refractivity (Wildman–Crippen MR) is 108 cm³/mol. The van der Waals surface area contributed by atoms with Crippen LogP contribution in [0.1, 0.15) is 30.9 Å². The van der Waals surface area contributed by atoms with Crippen LogP contribution in [0.4, 0.5) is 0 Å². The summed E-state index contributed by atoms with van der Waals surface area (Å²) in [7, 11) is 3.85. The van der Waals surface area contributed by atoms with E-state index in [1.165, 1.54) is 36.1 Å². The highest BCUT2D eigenvalue weighted by Gasteiger charge is 2.18. The van der Waals surface area contributed by atoms with Gasteiger partial charge in [0, 0.05) is 18.7 Å². The Balaban J connectivity index is 1.97. The summed E-state index contributed by atoms with van der Waals surface area (Å²) in [5.41, 5.74) is 4.86. The first-order valence-electron chi connectivity index (χ1n) is 9.45. The van der Waals surface area contributed by atoms with Gasteiger partial charge in [0.2, 0.25) is 0 Å². The van der Waals surface area contributed by atoms with Gasteiger partial charge in [0.15, 0.2) is 6.79 Å². The molecule has 1 saturated heterocycles.